The minimum atomic E-state index is 0.580. The third-order valence-corrected chi connectivity index (χ3v) is 3.23. The Bertz CT molecular complexity index is 716. The number of ether oxygens (including phenoxy) is 2. The molecule has 0 bridgehead atoms. The number of aromatic amines is 2. The summed E-state index contributed by atoms with van der Waals surface area (Å²) in [5, 5.41) is 6.92. The van der Waals surface area contributed by atoms with Crippen molar-refractivity contribution in [3.8, 4) is 22.9 Å². The molecule has 2 aromatic heterocycles. The predicted molar refractivity (Wildman–Crippen MR) is 69.4 cm³/mol. The molecule has 1 aromatic carbocycles. The number of fused-ring (bicyclic) bond motifs is 2. The first-order chi connectivity index (χ1) is 9.31. The van der Waals surface area contributed by atoms with Crippen LogP contribution in [0.3, 0.4) is 0 Å². The Morgan fingerprint density at radius 3 is 2.68 bits per heavy atom. The molecule has 0 radical (unpaired) electrons. The van der Waals surface area contributed by atoms with Gasteiger partial charge in [0, 0.05) is 17.8 Å². The van der Waals surface area contributed by atoms with Gasteiger partial charge in [-0.15, -0.1) is 0 Å². The highest BCUT2D eigenvalue weighted by Gasteiger charge is 2.16. The van der Waals surface area contributed by atoms with E-state index >= 15 is 0 Å². The van der Waals surface area contributed by atoms with E-state index in [9.17, 15) is 0 Å². The molecular formula is C13H12N4O2. The van der Waals surface area contributed by atoms with E-state index in [-0.39, 0.29) is 0 Å². The van der Waals surface area contributed by atoms with Crippen molar-refractivity contribution in [1.29, 1.82) is 0 Å². The first-order valence-electron chi connectivity index (χ1n) is 6.11. The van der Waals surface area contributed by atoms with Gasteiger partial charge in [0.15, 0.2) is 11.5 Å². The fraction of sp³-hybridized carbons (Fsp3) is 0.231. The van der Waals surface area contributed by atoms with Crippen molar-refractivity contribution in [2.24, 2.45) is 0 Å². The lowest BCUT2D eigenvalue weighted by atomic mass is 10.2. The number of nitrogens with one attached hydrogen (secondary N) is 2. The van der Waals surface area contributed by atoms with Crippen LogP contribution in [0.25, 0.3) is 22.4 Å². The molecule has 6 heteroatoms. The normalized spacial score (nSPS) is 13.9. The average molecular weight is 256 g/mol. The molecule has 0 atom stereocenters. The summed E-state index contributed by atoms with van der Waals surface area (Å²) in [7, 11) is 0. The summed E-state index contributed by atoms with van der Waals surface area (Å²) < 4.78 is 11.1. The van der Waals surface area contributed by atoms with E-state index in [0.717, 1.165) is 39.6 Å². The number of hydrogen-bond acceptors (Lipinski definition) is 4. The molecule has 1 aliphatic rings. The summed E-state index contributed by atoms with van der Waals surface area (Å²) in [5.74, 6) is 2.31. The quantitative estimate of drug-likeness (QED) is 0.698. The molecule has 6 nitrogen and oxygen atoms in total. The Labute approximate surface area is 108 Å². The maximum Gasteiger partial charge on any atom is 0.163 e. The van der Waals surface area contributed by atoms with Crippen LogP contribution in [-0.4, -0.2) is 33.4 Å². The minimum Gasteiger partial charge on any atom is -0.486 e. The van der Waals surface area contributed by atoms with Gasteiger partial charge in [-0.1, -0.05) is 0 Å². The van der Waals surface area contributed by atoms with Gasteiger partial charge in [0.2, 0.25) is 0 Å². The van der Waals surface area contributed by atoms with Crippen LogP contribution in [0, 0.1) is 6.92 Å². The van der Waals surface area contributed by atoms with Crippen LogP contribution >= 0.6 is 0 Å². The number of H-pyrrole nitrogens is 2. The smallest absolute Gasteiger partial charge is 0.163 e. The summed E-state index contributed by atoms with van der Waals surface area (Å²) in [6, 6.07) is 3.83. The van der Waals surface area contributed by atoms with Crippen LogP contribution in [0.2, 0.25) is 0 Å². The largest absolute Gasteiger partial charge is 0.486 e. The molecule has 3 aromatic rings. The Kier molecular flexibility index (Phi) is 2.05. The van der Waals surface area contributed by atoms with Crippen LogP contribution in [0.5, 0.6) is 11.5 Å². The molecule has 0 fully saturated rings. The zero-order valence-corrected chi connectivity index (χ0v) is 10.4. The van der Waals surface area contributed by atoms with Crippen molar-refractivity contribution in [2.45, 2.75) is 6.92 Å². The Morgan fingerprint density at radius 1 is 1.16 bits per heavy atom. The lowest BCUT2D eigenvalue weighted by molar-refractivity contribution is 0.172. The topological polar surface area (TPSA) is 75.8 Å². The average Bonchev–Trinajstić information content (AvgIpc) is 3.01. The molecule has 19 heavy (non-hydrogen) atoms. The number of rotatable bonds is 1. The first-order valence-corrected chi connectivity index (χ1v) is 6.11. The first kappa shape index (κ1) is 10.4. The maximum absolute atomic E-state index is 5.56. The minimum absolute atomic E-state index is 0.580. The summed E-state index contributed by atoms with van der Waals surface area (Å²) in [5.41, 5.74) is 3.74. The second kappa shape index (κ2) is 3.74. The Balaban J connectivity index is 1.90. The lowest BCUT2D eigenvalue weighted by Gasteiger charge is -2.17. The second-order valence-electron chi connectivity index (χ2n) is 4.51. The van der Waals surface area contributed by atoms with Gasteiger partial charge in [0.1, 0.15) is 19.0 Å². The lowest BCUT2D eigenvalue weighted by Crippen LogP contribution is -2.15. The molecule has 96 valence electrons. The highest BCUT2D eigenvalue weighted by atomic mass is 16.6. The van der Waals surface area contributed by atoms with Gasteiger partial charge in [0.25, 0.3) is 0 Å². The van der Waals surface area contributed by atoms with Crippen molar-refractivity contribution >= 4 is 11.0 Å². The molecular weight excluding hydrogens is 244 g/mol. The van der Waals surface area contributed by atoms with E-state index in [1.54, 1.807) is 6.20 Å². The van der Waals surface area contributed by atoms with Gasteiger partial charge in [0.05, 0.1) is 22.8 Å². The van der Waals surface area contributed by atoms with Crippen LogP contribution in [0.4, 0.5) is 0 Å². The number of imidazole rings is 1. The summed E-state index contributed by atoms with van der Waals surface area (Å²) in [6.07, 6.45) is 1.76. The van der Waals surface area contributed by atoms with Crippen LogP contribution in [0.15, 0.2) is 18.3 Å². The zero-order valence-electron chi connectivity index (χ0n) is 10.4. The summed E-state index contributed by atoms with van der Waals surface area (Å²) >= 11 is 0. The highest BCUT2D eigenvalue weighted by molar-refractivity contribution is 5.83. The second-order valence-corrected chi connectivity index (χ2v) is 4.51. The van der Waals surface area contributed by atoms with Gasteiger partial charge in [-0.3, -0.25) is 5.10 Å². The molecule has 2 N–H and O–H groups in total. The van der Waals surface area contributed by atoms with Crippen molar-refractivity contribution in [1.82, 2.24) is 20.2 Å². The molecule has 0 saturated carbocycles. The number of hydrogen-bond donors (Lipinski definition) is 2. The van der Waals surface area contributed by atoms with E-state index in [1.807, 2.05) is 19.1 Å². The number of nitrogens with zero attached hydrogens (tertiary/aromatic N) is 2. The van der Waals surface area contributed by atoms with Crippen molar-refractivity contribution in [2.75, 3.05) is 13.2 Å². The van der Waals surface area contributed by atoms with Crippen molar-refractivity contribution < 1.29 is 9.47 Å². The van der Waals surface area contributed by atoms with Gasteiger partial charge in [-0.25, -0.2) is 4.98 Å². The number of benzene rings is 1. The zero-order chi connectivity index (χ0) is 12.8. The van der Waals surface area contributed by atoms with E-state index < -0.39 is 0 Å². The SMILES string of the molecule is Cc1[nH]ncc1-c1nc2cc3c(cc2[nH]1)OCCO3. The third kappa shape index (κ3) is 1.56. The van der Waals surface area contributed by atoms with Crippen molar-refractivity contribution in [3.05, 3.63) is 24.0 Å². The van der Waals surface area contributed by atoms with Crippen molar-refractivity contribution in [3.63, 3.8) is 0 Å². The maximum atomic E-state index is 5.56. The van der Waals surface area contributed by atoms with Gasteiger partial charge in [-0.2, -0.15) is 5.10 Å². The number of aromatic nitrogens is 4. The molecule has 0 unspecified atom stereocenters. The fourth-order valence-electron chi connectivity index (χ4n) is 2.26. The standard InChI is InChI=1S/C13H12N4O2/c1-7-8(6-14-17-7)13-15-9-4-11-12(5-10(9)16-13)19-3-2-18-11/h4-6H,2-3H2,1H3,(H,14,17)(H,15,16). The molecule has 0 aliphatic carbocycles. The molecule has 0 amide bonds. The molecule has 0 spiro atoms. The number of aryl methyl sites for hydroxylation is 1. The third-order valence-electron chi connectivity index (χ3n) is 3.23. The van der Waals surface area contributed by atoms with E-state index in [4.69, 9.17) is 9.47 Å². The van der Waals surface area contributed by atoms with E-state index in [0.29, 0.717) is 13.2 Å². The molecule has 4 rings (SSSR count). The Hall–Kier alpha value is -2.50. The highest BCUT2D eigenvalue weighted by Crippen LogP contribution is 2.34. The fourth-order valence-corrected chi connectivity index (χ4v) is 2.26. The summed E-state index contributed by atoms with van der Waals surface area (Å²) in [4.78, 5) is 7.86. The van der Waals surface area contributed by atoms with Crippen LogP contribution < -0.4 is 9.47 Å². The predicted octanol–water partition coefficient (Wildman–Crippen LogP) is 2.03. The van der Waals surface area contributed by atoms with Gasteiger partial charge < -0.3 is 14.5 Å². The monoisotopic (exact) mass is 256 g/mol. The van der Waals surface area contributed by atoms with Crippen LogP contribution in [0.1, 0.15) is 5.69 Å². The van der Waals surface area contributed by atoms with Gasteiger partial charge >= 0.3 is 0 Å². The van der Waals surface area contributed by atoms with E-state index in [1.165, 1.54) is 0 Å². The molecule has 1 aliphatic heterocycles. The van der Waals surface area contributed by atoms with Gasteiger partial charge in [-0.05, 0) is 6.92 Å². The van der Waals surface area contributed by atoms with Crippen LogP contribution in [-0.2, 0) is 0 Å². The Morgan fingerprint density at radius 2 is 1.95 bits per heavy atom. The molecule has 3 heterocycles. The molecule has 0 saturated heterocycles. The summed E-state index contributed by atoms with van der Waals surface area (Å²) in [6.45, 7) is 3.13. The van der Waals surface area contributed by atoms with E-state index in [2.05, 4.69) is 20.2 Å².